The molecule has 1 aromatic heterocycles. The van der Waals surface area contributed by atoms with Crippen molar-refractivity contribution in [2.45, 2.75) is 12.6 Å². The van der Waals surface area contributed by atoms with Crippen molar-refractivity contribution in [3.63, 3.8) is 0 Å². The highest BCUT2D eigenvalue weighted by Crippen LogP contribution is 2.31. The maximum Gasteiger partial charge on any atom is 0.416 e. The van der Waals surface area contributed by atoms with E-state index in [0.29, 0.717) is 16.8 Å². The summed E-state index contributed by atoms with van der Waals surface area (Å²) in [6, 6.07) is 4.55. The first kappa shape index (κ1) is 14.1. The number of aromatic nitrogens is 2. The molecule has 0 saturated carbocycles. The minimum absolute atomic E-state index is 0.281. The van der Waals surface area contributed by atoms with E-state index in [9.17, 15) is 18.0 Å². The van der Waals surface area contributed by atoms with Gasteiger partial charge in [0, 0.05) is 18.8 Å². The van der Waals surface area contributed by atoms with Gasteiger partial charge in [-0.2, -0.15) is 18.3 Å². The van der Waals surface area contributed by atoms with E-state index in [0.717, 1.165) is 12.1 Å². The van der Waals surface area contributed by atoms with Gasteiger partial charge in [0.25, 0.3) is 0 Å². The third kappa shape index (κ3) is 2.98. The highest BCUT2D eigenvalue weighted by atomic mass is 19.4. The number of halogens is 3. The first-order valence-electron chi connectivity index (χ1n) is 5.69. The molecule has 20 heavy (non-hydrogen) atoms. The van der Waals surface area contributed by atoms with E-state index in [-0.39, 0.29) is 6.42 Å². The highest BCUT2D eigenvalue weighted by molar-refractivity contribution is 5.75. The first-order valence-corrected chi connectivity index (χ1v) is 5.69. The molecule has 1 aromatic carbocycles. The van der Waals surface area contributed by atoms with Gasteiger partial charge in [0.1, 0.15) is 0 Å². The van der Waals surface area contributed by atoms with Crippen LogP contribution in [-0.4, -0.2) is 20.9 Å². The van der Waals surface area contributed by atoms with Gasteiger partial charge in [-0.3, -0.25) is 9.48 Å². The predicted molar refractivity (Wildman–Crippen MR) is 65.0 cm³/mol. The molecule has 0 radical (unpaired) electrons. The fourth-order valence-electron chi connectivity index (χ4n) is 1.89. The van der Waals surface area contributed by atoms with Gasteiger partial charge in [-0.15, -0.1) is 0 Å². The number of nitrogens with zero attached hydrogens (tertiary/aromatic N) is 2. The Labute approximate surface area is 112 Å². The lowest BCUT2D eigenvalue weighted by Crippen LogP contribution is -2.04. The van der Waals surface area contributed by atoms with E-state index in [2.05, 4.69) is 5.10 Å². The standard InChI is InChI=1S/C13H11F3N2O2/c1-18-7-10(11(17-18)6-12(19)20)8-2-4-9(5-3-8)13(14,15)16/h2-5,7H,6H2,1H3,(H,19,20). The van der Waals surface area contributed by atoms with E-state index in [1.165, 1.54) is 16.8 Å². The molecule has 2 aromatic rings. The fourth-order valence-corrected chi connectivity index (χ4v) is 1.89. The van der Waals surface area contributed by atoms with E-state index in [4.69, 9.17) is 5.11 Å². The average Bonchev–Trinajstić information content (AvgIpc) is 2.68. The molecular formula is C13H11F3N2O2. The number of aryl methyl sites for hydroxylation is 1. The Morgan fingerprint density at radius 2 is 1.90 bits per heavy atom. The molecule has 0 saturated heterocycles. The molecule has 2 rings (SSSR count). The zero-order valence-corrected chi connectivity index (χ0v) is 10.5. The first-order chi connectivity index (χ1) is 9.27. The Hall–Kier alpha value is -2.31. The summed E-state index contributed by atoms with van der Waals surface area (Å²) in [5.41, 5.74) is 0.593. The smallest absolute Gasteiger partial charge is 0.416 e. The minimum Gasteiger partial charge on any atom is -0.481 e. The molecule has 1 heterocycles. The number of rotatable bonds is 3. The highest BCUT2D eigenvalue weighted by Gasteiger charge is 2.30. The largest absolute Gasteiger partial charge is 0.481 e. The van der Waals surface area contributed by atoms with E-state index >= 15 is 0 Å². The third-order valence-corrected chi connectivity index (χ3v) is 2.75. The number of hydrogen-bond donors (Lipinski definition) is 1. The number of aliphatic carboxylic acids is 1. The molecule has 0 spiro atoms. The molecule has 0 aliphatic heterocycles. The summed E-state index contributed by atoms with van der Waals surface area (Å²) in [6.07, 6.45) is -3.09. The van der Waals surface area contributed by atoms with Crippen LogP contribution in [0.5, 0.6) is 0 Å². The number of hydrogen-bond acceptors (Lipinski definition) is 2. The lowest BCUT2D eigenvalue weighted by molar-refractivity contribution is -0.138. The van der Waals surface area contributed by atoms with Gasteiger partial charge >= 0.3 is 12.1 Å². The Bertz CT molecular complexity index is 630. The zero-order chi connectivity index (χ0) is 14.9. The molecular weight excluding hydrogens is 273 g/mol. The summed E-state index contributed by atoms with van der Waals surface area (Å²) in [4.78, 5) is 10.7. The second-order valence-corrected chi connectivity index (χ2v) is 4.31. The maximum atomic E-state index is 12.5. The lowest BCUT2D eigenvalue weighted by atomic mass is 10.0. The van der Waals surface area contributed by atoms with E-state index in [1.807, 2.05) is 0 Å². The normalized spacial score (nSPS) is 11.6. The third-order valence-electron chi connectivity index (χ3n) is 2.75. The summed E-state index contributed by atoms with van der Waals surface area (Å²) in [5.74, 6) is -1.04. The van der Waals surface area contributed by atoms with Crippen LogP contribution in [0.15, 0.2) is 30.5 Å². The summed E-state index contributed by atoms with van der Waals surface area (Å²) in [5, 5.41) is 12.8. The molecule has 4 nitrogen and oxygen atoms in total. The Kier molecular flexibility index (Phi) is 3.52. The monoisotopic (exact) mass is 284 g/mol. The van der Waals surface area contributed by atoms with Crippen LogP contribution in [0.2, 0.25) is 0 Å². The Morgan fingerprint density at radius 1 is 1.30 bits per heavy atom. The van der Waals surface area contributed by atoms with Crippen LogP contribution >= 0.6 is 0 Å². The number of benzene rings is 1. The van der Waals surface area contributed by atoms with Gasteiger partial charge in [-0.1, -0.05) is 12.1 Å². The molecule has 0 bridgehead atoms. The topological polar surface area (TPSA) is 55.1 Å². The SMILES string of the molecule is Cn1cc(-c2ccc(C(F)(F)F)cc2)c(CC(=O)O)n1. The second kappa shape index (κ2) is 4.99. The van der Waals surface area contributed by atoms with Crippen molar-refractivity contribution in [1.29, 1.82) is 0 Å². The molecule has 7 heteroatoms. The van der Waals surface area contributed by atoms with E-state index in [1.54, 1.807) is 13.2 Å². The summed E-state index contributed by atoms with van der Waals surface area (Å²) >= 11 is 0. The summed E-state index contributed by atoms with van der Waals surface area (Å²) < 4.78 is 38.9. The van der Waals surface area contributed by atoms with Crippen LogP contribution in [0.4, 0.5) is 13.2 Å². The molecule has 0 aliphatic carbocycles. The van der Waals surface area contributed by atoms with Crippen LogP contribution in [0.3, 0.4) is 0 Å². The molecule has 0 aliphatic rings. The quantitative estimate of drug-likeness (QED) is 0.942. The van der Waals surface area contributed by atoms with Crippen molar-refractivity contribution >= 4 is 5.97 Å². The van der Waals surface area contributed by atoms with Crippen LogP contribution in [0.1, 0.15) is 11.3 Å². The number of carboxylic acid groups (broad SMARTS) is 1. The van der Waals surface area contributed by atoms with Crippen molar-refractivity contribution in [2.24, 2.45) is 7.05 Å². The van der Waals surface area contributed by atoms with Crippen LogP contribution in [0, 0.1) is 0 Å². The van der Waals surface area contributed by atoms with Crippen molar-refractivity contribution in [1.82, 2.24) is 9.78 Å². The number of alkyl halides is 3. The van der Waals surface area contributed by atoms with Gasteiger partial charge in [0.05, 0.1) is 17.7 Å². The summed E-state index contributed by atoms with van der Waals surface area (Å²) in [7, 11) is 1.62. The molecule has 0 atom stereocenters. The number of carboxylic acids is 1. The summed E-state index contributed by atoms with van der Waals surface area (Å²) in [6.45, 7) is 0. The molecule has 0 amide bonds. The van der Waals surface area contributed by atoms with Gasteiger partial charge < -0.3 is 5.11 Å². The van der Waals surface area contributed by atoms with Crippen molar-refractivity contribution in [2.75, 3.05) is 0 Å². The minimum atomic E-state index is -4.39. The van der Waals surface area contributed by atoms with Gasteiger partial charge in [-0.05, 0) is 17.7 Å². The van der Waals surface area contributed by atoms with Crippen molar-refractivity contribution < 1.29 is 23.1 Å². The fraction of sp³-hybridized carbons (Fsp3) is 0.231. The molecule has 106 valence electrons. The van der Waals surface area contributed by atoms with Gasteiger partial charge in [0.15, 0.2) is 0 Å². The average molecular weight is 284 g/mol. The van der Waals surface area contributed by atoms with Crippen molar-refractivity contribution in [3.05, 3.63) is 41.7 Å². The maximum absolute atomic E-state index is 12.5. The number of carbonyl (C=O) groups is 1. The molecule has 0 unspecified atom stereocenters. The Morgan fingerprint density at radius 3 is 2.40 bits per heavy atom. The lowest BCUT2D eigenvalue weighted by Gasteiger charge is -2.07. The molecule has 0 fully saturated rings. The van der Waals surface area contributed by atoms with E-state index < -0.39 is 17.7 Å². The van der Waals surface area contributed by atoms with Gasteiger partial charge in [-0.25, -0.2) is 0 Å². The second-order valence-electron chi connectivity index (χ2n) is 4.31. The van der Waals surface area contributed by atoms with Crippen LogP contribution in [0.25, 0.3) is 11.1 Å². The Balaban J connectivity index is 2.39. The van der Waals surface area contributed by atoms with Crippen molar-refractivity contribution in [3.8, 4) is 11.1 Å². The zero-order valence-electron chi connectivity index (χ0n) is 10.5. The van der Waals surface area contributed by atoms with Crippen LogP contribution < -0.4 is 0 Å². The van der Waals surface area contributed by atoms with Crippen LogP contribution in [-0.2, 0) is 24.4 Å². The predicted octanol–water partition coefficient (Wildman–Crippen LogP) is 2.73. The molecule has 1 N–H and O–H groups in total. The van der Waals surface area contributed by atoms with Gasteiger partial charge in [0.2, 0.25) is 0 Å².